The second-order valence-corrected chi connectivity index (χ2v) is 4.23. The summed E-state index contributed by atoms with van der Waals surface area (Å²) in [6.07, 6.45) is 1.83. The molecule has 2 aromatic heterocycles. The van der Waals surface area contributed by atoms with Gasteiger partial charge in [0, 0.05) is 18.8 Å². The maximum Gasteiger partial charge on any atom is 0.228 e. The molecule has 1 saturated heterocycles. The van der Waals surface area contributed by atoms with Crippen LogP contribution in [0, 0.1) is 5.92 Å². The first-order valence-corrected chi connectivity index (χ1v) is 5.71. The Morgan fingerprint density at radius 2 is 2.35 bits per heavy atom. The van der Waals surface area contributed by atoms with E-state index < -0.39 is 0 Å². The Hall–Kier alpha value is -1.76. The number of amides is 1. The zero-order chi connectivity index (χ0) is 11.8. The number of anilines is 1. The highest BCUT2D eigenvalue weighted by Crippen LogP contribution is 2.27. The van der Waals surface area contributed by atoms with E-state index in [0.29, 0.717) is 35.8 Å². The van der Waals surface area contributed by atoms with Crippen molar-refractivity contribution in [2.45, 2.75) is 6.42 Å². The van der Waals surface area contributed by atoms with Crippen LogP contribution < -0.4 is 4.90 Å². The van der Waals surface area contributed by atoms with Gasteiger partial charge in [-0.3, -0.25) is 9.69 Å². The average molecular weight is 253 g/mol. The van der Waals surface area contributed by atoms with Gasteiger partial charge in [-0.1, -0.05) is 0 Å². The smallest absolute Gasteiger partial charge is 0.228 e. The highest BCUT2D eigenvalue weighted by molar-refractivity contribution is 6.18. The second kappa shape index (κ2) is 3.92. The molecule has 1 aliphatic heterocycles. The number of aromatic nitrogens is 5. The summed E-state index contributed by atoms with van der Waals surface area (Å²) < 4.78 is 0. The number of H-pyrrole nitrogens is 1. The van der Waals surface area contributed by atoms with Crippen LogP contribution in [0.1, 0.15) is 6.42 Å². The van der Waals surface area contributed by atoms with E-state index in [-0.39, 0.29) is 11.8 Å². The van der Waals surface area contributed by atoms with Crippen LogP contribution >= 0.6 is 11.6 Å². The van der Waals surface area contributed by atoms with Gasteiger partial charge in [0.2, 0.25) is 11.6 Å². The fourth-order valence-electron chi connectivity index (χ4n) is 1.95. The highest BCUT2D eigenvalue weighted by atomic mass is 35.5. The molecule has 88 valence electrons. The summed E-state index contributed by atoms with van der Waals surface area (Å²) in [5.41, 5.74) is 0.966. The molecule has 7 nitrogen and oxygen atoms in total. The Bertz CT molecular complexity index is 569. The Morgan fingerprint density at radius 3 is 3.12 bits per heavy atom. The highest BCUT2D eigenvalue weighted by Gasteiger charge is 2.32. The molecule has 17 heavy (non-hydrogen) atoms. The number of nitrogens with zero attached hydrogens (tertiary/aromatic N) is 5. The minimum atomic E-state index is 0.0126. The van der Waals surface area contributed by atoms with Crippen LogP contribution in [-0.2, 0) is 4.79 Å². The summed E-state index contributed by atoms with van der Waals surface area (Å²) in [5, 5.41) is 10.3. The van der Waals surface area contributed by atoms with Crippen molar-refractivity contribution in [3.63, 3.8) is 0 Å². The van der Waals surface area contributed by atoms with Gasteiger partial charge in [-0.05, 0) is 5.92 Å². The van der Waals surface area contributed by atoms with Gasteiger partial charge < -0.3 is 0 Å². The molecule has 1 unspecified atom stereocenters. The molecule has 1 amide bonds. The molecule has 1 aliphatic rings. The number of hydrogen-bond donors (Lipinski definition) is 1. The summed E-state index contributed by atoms with van der Waals surface area (Å²) >= 11 is 5.78. The summed E-state index contributed by atoms with van der Waals surface area (Å²) in [7, 11) is 0. The van der Waals surface area contributed by atoms with E-state index in [1.54, 1.807) is 4.90 Å². The lowest BCUT2D eigenvalue weighted by atomic mass is 10.1. The third kappa shape index (κ3) is 1.62. The molecule has 0 radical (unpaired) electrons. The first-order valence-electron chi connectivity index (χ1n) is 5.17. The first kappa shape index (κ1) is 10.4. The number of aromatic amines is 1. The number of alkyl halides is 1. The minimum Gasteiger partial charge on any atom is -0.294 e. The zero-order valence-electron chi connectivity index (χ0n) is 8.80. The van der Waals surface area contributed by atoms with Crippen LogP contribution in [0.3, 0.4) is 0 Å². The third-order valence-corrected chi connectivity index (χ3v) is 3.22. The predicted octanol–water partition coefficient (Wildman–Crippen LogP) is 0.340. The fourth-order valence-corrected chi connectivity index (χ4v) is 2.16. The number of carbonyl (C=O) groups is 1. The Labute approximate surface area is 101 Å². The monoisotopic (exact) mass is 252 g/mol. The van der Waals surface area contributed by atoms with Crippen LogP contribution in [-0.4, -0.2) is 43.7 Å². The molecular weight excluding hydrogens is 244 g/mol. The molecule has 8 heteroatoms. The molecule has 2 aromatic rings. The molecule has 3 heterocycles. The van der Waals surface area contributed by atoms with Gasteiger partial charge in [-0.2, -0.15) is 10.3 Å². The van der Waals surface area contributed by atoms with E-state index >= 15 is 0 Å². The number of rotatable bonds is 2. The average Bonchev–Trinajstić information content (AvgIpc) is 2.94. The quantitative estimate of drug-likeness (QED) is 0.779. The fraction of sp³-hybridized carbons (Fsp3) is 0.444. The number of halogens is 1. The third-order valence-electron chi connectivity index (χ3n) is 2.78. The van der Waals surface area contributed by atoms with Gasteiger partial charge in [-0.25, -0.2) is 9.97 Å². The molecule has 0 saturated carbocycles. The van der Waals surface area contributed by atoms with Gasteiger partial charge in [0.25, 0.3) is 0 Å². The molecule has 0 aromatic carbocycles. The molecule has 0 spiro atoms. The van der Waals surface area contributed by atoms with E-state index in [0.717, 1.165) is 0 Å². The summed E-state index contributed by atoms with van der Waals surface area (Å²) in [6.45, 7) is 0.571. The number of nitrogens with one attached hydrogen (secondary N) is 1. The Morgan fingerprint density at radius 1 is 1.47 bits per heavy atom. The van der Waals surface area contributed by atoms with E-state index in [2.05, 4.69) is 25.4 Å². The van der Waals surface area contributed by atoms with Crippen molar-refractivity contribution in [3.05, 3.63) is 6.33 Å². The largest absolute Gasteiger partial charge is 0.294 e. The number of fused-ring (bicyclic) bond motifs is 1. The zero-order valence-corrected chi connectivity index (χ0v) is 9.55. The van der Waals surface area contributed by atoms with Gasteiger partial charge in [-0.15, -0.1) is 16.7 Å². The van der Waals surface area contributed by atoms with Crippen LogP contribution in [0.4, 0.5) is 5.82 Å². The molecule has 1 atom stereocenters. The maximum absolute atomic E-state index is 11.9. The van der Waals surface area contributed by atoms with Crippen molar-refractivity contribution in [2.24, 2.45) is 5.92 Å². The van der Waals surface area contributed by atoms with Crippen LogP contribution in [0.15, 0.2) is 6.33 Å². The normalized spacial score (nSPS) is 20.4. The topological polar surface area (TPSA) is 87.7 Å². The Kier molecular flexibility index (Phi) is 2.40. The molecular formula is C9H9ClN6O. The lowest BCUT2D eigenvalue weighted by Gasteiger charge is -2.14. The van der Waals surface area contributed by atoms with E-state index in [1.165, 1.54) is 6.33 Å². The summed E-state index contributed by atoms with van der Waals surface area (Å²) in [6, 6.07) is 0. The standard InChI is InChI=1S/C9H9ClN6O/c10-2-5-1-6(17)16(3-5)9-7-8(11-4-12-9)14-15-13-7/h4-5H,1-3H2,(H,11,12,13,14,15). The Balaban J connectivity index is 2.04. The van der Waals surface area contributed by atoms with Crippen molar-refractivity contribution in [1.82, 2.24) is 25.4 Å². The van der Waals surface area contributed by atoms with Crippen LogP contribution in [0.25, 0.3) is 11.2 Å². The molecule has 3 rings (SSSR count). The summed E-state index contributed by atoms with van der Waals surface area (Å²) in [4.78, 5) is 21.5. The predicted molar refractivity (Wildman–Crippen MR) is 60.7 cm³/mol. The molecule has 0 aliphatic carbocycles. The van der Waals surface area contributed by atoms with Crippen LogP contribution in [0.2, 0.25) is 0 Å². The van der Waals surface area contributed by atoms with Gasteiger partial charge >= 0.3 is 0 Å². The van der Waals surface area contributed by atoms with Crippen molar-refractivity contribution < 1.29 is 4.79 Å². The van der Waals surface area contributed by atoms with E-state index in [4.69, 9.17) is 11.6 Å². The van der Waals surface area contributed by atoms with Crippen LogP contribution in [0.5, 0.6) is 0 Å². The summed E-state index contributed by atoms with van der Waals surface area (Å²) in [5.74, 6) is 1.15. The molecule has 0 bridgehead atoms. The van der Waals surface area contributed by atoms with Gasteiger partial charge in [0.05, 0.1) is 0 Å². The van der Waals surface area contributed by atoms with E-state index in [1.807, 2.05) is 0 Å². The van der Waals surface area contributed by atoms with Crippen molar-refractivity contribution in [1.29, 1.82) is 0 Å². The minimum absolute atomic E-state index is 0.0126. The lowest BCUT2D eigenvalue weighted by molar-refractivity contribution is -0.117. The lowest BCUT2D eigenvalue weighted by Crippen LogP contribution is -2.26. The van der Waals surface area contributed by atoms with Crippen molar-refractivity contribution >= 4 is 34.5 Å². The van der Waals surface area contributed by atoms with E-state index in [9.17, 15) is 4.79 Å². The molecule has 1 N–H and O–H groups in total. The second-order valence-electron chi connectivity index (χ2n) is 3.92. The SMILES string of the molecule is O=C1CC(CCl)CN1c1ncnc2n[nH]nc12. The molecule has 1 fully saturated rings. The van der Waals surface area contributed by atoms with Gasteiger partial charge in [0.1, 0.15) is 6.33 Å². The van der Waals surface area contributed by atoms with Gasteiger partial charge in [0.15, 0.2) is 11.3 Å². The number of hydrogen-bond acceptors (Lipinski definition) is 5. The maximum atomic E-state index is 11.9. The number of carbonyl (C=O) groups excluding carboxylic acids is 1. The van der Waals surface area contributed by atoms with Crippen molar-refractivity contribution in [3.8, 4) is 0 Å². The van der Waals surface area contributed by atoms with Crippen molar-refractivity contribution in [2.75, 3.05) is 17.3 Å². The first-order chi connectivity index (χ1) is 8.29.